The average molecular weight is 486 g/mol. The molecular formula is C30H31NO5. The molecule has 1 aliphatic heterocycles. The smallest absolute Gasteiger partial charge is 0.300 e. The molecule has 1 amide bonds. The van der Waals surface area contributed by atoms with Crippen molar-refractivity contribution in [2.45, 2.75) is 33.7 Å². The molecule has 36 heavy (non-hydrogen) atoms. The van der Waals surface area contributed by atoms with E-state index in [9.17, 15) is 14.7 Å². The molecule has 1 saturated heterocycles. The highest BCUT2D eigenvalue weighted by molar-refractivity contribution is 6.51. The summed E-state index contributed by atoms with van der Waals surface area (Å²) in [6.45, 7) is 8.94. The van der Waals surface area contributed by atoms with Crippen molar-refractivity contribution >= 4 is 23.1 Å². The molecule has 4 rings (SSSR count). The normalized spacial score (nSPS) is 17.0. The van der Waals surface area contributed by atoms with Crippen molar-refractivity contribution in [1.29, 1.82) is 0 Å². The summed E-state index contributed by atoms with van der Waals surface area (Å²) in [4.78, 5) is 28.2. The highest BCUT2D eigenvalue weighted by Crippen LogP contribution is 2.43. The van der Waals surface area contributed by atoms with Crippen molar-refractivity contribution in [2.24, 2.45) is 5.92 Å². The first-order chi connectivity index (χ1) is 17.3. The van der Waals surface area contributed by atoms with Crippen LogP contribution < -0.4 is 14.4 Å². The zero-order valence-electron chi connectivity index (χ0n) is 21.0. The molecule has 1 fully saturated rings. The zero-order chi connectivity index (χ0) is 25.8. The third kappa shape index (κ3) is 5.13. The maximum atomic E-state index is 13.4. The second kappa shape index (κ2) is 10.7. The van der Waals surface area contributed by atoms with Gasteiger partial charge in [0.05, 0.1) is 24.8 Å². The lowest BCUT2D eigenvalue weighted by molar-refractivity contribution is -0.132. The number of ether oxygens (including phenoxy) is 2. The molecule has 1 N–H and O–H groups in total. The molecule has 1 atom stereocenters. The van der Waals surface area contributed by atoms with Gasteiger partial charge in [-0.3, -0.25) is 14.5 Å². The van der Waals surface area contributed by atoms with Gasteiger partial charge in [-0.1, -0.05) is 55.8 Å². The number of aryl methyl sites for hydroxylation is 1. The first-order valence-corrected chi connectivity index (χ1v) is 12.1. The lowest BCUT2D eigenvalue weighted by Crippen LogP contribution is -2.29. The van der Waals surface area contributed by atoms with Crippen LogP contribution in [0.5, 0.6) is 11.5 Å². The van der Waals surface area contributed by atoms with Crippen LogP contribution in [0.3, 0.4) is 0 Å². The Balaban J connectivity index is 1.87. The highest BCUT2D eigenvalue weighted by Gasteiger charge is 2.47. The number of hydrogen-bond donors (Lipinski definition) is 1. The summed E-state index contributed by atoms with van der Waals surface area (Å²) in [6, 6.07) is 20.8. The first kappa shape index (κ1) is 25.0. The van der Waals surface area contributed by atoms with E-state index < -0.39 is 17.7 Å². The topological polar surface area (TPSA) is 76.1 Å². The van der Waals surface area contributed by atoms with Crippen molar-refractivity contribution in [3.8, 4) is 11.5 Å². The number of amides is 1. The fourth-order valence-electron chi connectivity index (χ4n) is 4.21. The molecular weight excluding hydrogens is 454 g/mol. The van der Waals surface area contributed by atoms with Gasteiger partial charge in [-0.05, 0) is 61.7 Å². The Morgan fingerprint density at radius 2 is 1.61 bits per heavy atom. The summed E-state index contributed by atoms with van der Waals surface area (Å²) in [5, 5.41) is 11.4. The molecule has 0 bridgehead atoms. The SMILES string of the molecule is CCOc1cccc(C2/C(=C(/O)c3cccc(OCC(C)C)c3)C(=O)C(=O)N2c2ccc(C)cc2)c1. The molecule has 3 aromatic rings. The van der Waals surface area contributed by atoms with Gasteiger partial charge in [-0.15, -0.1) is 0 Å². The summed E-state index contributed by atoms with van der Waals surface area (Å²) in [7, 11) is 0. The molecule has 1 unspecified atom stereocenters. The Labute approximate surface area is 211 Å². The number of carbonyl (C=O) groups is 2. The molecule has 1 aliphatic rings. The summed E-state index contributed by atoms with van der Waals surface area (Å²) in [6.07, 6.45) is 0. The third-order valence-corrected chi connectivity index (χ3v) is 5.93. The van der Waals surface area contributed by atoms with Gasteiger partial charge in [0, 0.05) is 11.3 Å². The van der Waals surface area contributed by atoms with E-state index in [0.29, 0.717) is 47.4 Å². The predicted octanol–water partition coefficient (Wildman–Crippen LogP) is 6.05. The van der Waals surface area contributed by atoms with Gasteiger partial charge in [0.25, 0.3) is 11.7 Å². The number of rotatable bonds is 8. The van der Waals surface area contributed by atoms with E-state index in [4.69, 9.17) is 9.47 Å². The number of aliphatic hydroxyl groups is 1. The summed E-state index contributed by atoms with van der Waals surface area (Å²) in [5.74, 6) is -0.152. The van der Waals surface area contributed by atoms with E-state index in [1.54, 1.807) is 42.5 Å². The second-order valence-corrected chi connectivity index (χ2v) is 9.24. The monoisotopic (exact) mass is 485 g/mol. The van der Waals surface area contributed by atoms with Crippen LogP contribution in [0, 0.1) is 12.8 Å². The van der Waals surface area contributed by atoms with Crippen LogP contribution in [0.2, 0.25) is 0 Å². The van der Waals surface area contributed by atoms with Crippen LogP contribution in [0.1, 0.15) is 43.5 Å². The molecule has 3 aromatic carbocycles. The number of ketones is 1. The number of Topliss-reactive ketones (excluding diaryl/α,β-unsaturated/α-hetero) is 1. The molecule has 0 saturated carbocycles. The lowest BCUT2D eigenvalue weighted by atomic mass is 9.95. The van der Waals surface area contributed by atoms with E-state index in [1.165, 1.54) is 4.90 Å². The van der Waals surface area contributed by atoms with Crippen molar-refractivity contribution in [2.75, 3.05) is 18.1 Å². The second-order valence-electron chi connectivity index (χ2n) is 9.24. The Hall–Kier alpha value is -4.06. The molecule has 0 aromatic heterocycles. The standard InChI is InChI=1S/C30H31NO5/c1-5-35-24-10-6-8-21(16-24)27-26(28(32)22-9-7-11-25(17-22)36-18-19(2)3)29(33)30(34)31(27)23-14-12-20(4)13-15-23/h6-17,19,27,32H,5,18H2,1-4H3/b28-26-. The maximum Gasteiger partial charge on any atom is 0.300 e. The quantitative estimate of drug-likeness (QED) is 0.239. The third-order valence-electron chi connectivity index (χ3n) is 5.93. The molecule has 0 aliphatic carbocycles. The number of hydrogen-bond acceptors (Lipinski definition) is 5. The van der Waals surface area contributed by atoms with Gasteiger partial charge in [0.1, 0.15) is 17.3 Å². The Morgan fingerprint density at radius 1 is 0.944 bits per heavy atom. The minimum absolute atomic E-state index is 0.0234. The van der Waals surface area contributed by atoms with Crippen molar-refractivity contribution in [1.82, 2.24) is 0 Å². The van der Waals surface area contributed by atoms with Gasteiger partial charge in [-0.2, -0.15) is 0 Å². The summed E-state index contributed by atoms with van der Waals surface area (Å²) < 4.78 is 11.5. The van der Waals surface area contributed by atoms with Crippen LogP contribution in [-0.2, 0) is 9.59 Å². The minimum atomic E-state index is -0.826. The molecule has 0 radical (unpaired) electrons. The van der Waals surface area contributed by atoms with Crippen molar-refractivity contribution in [3.63, 3.8) is 0 Å². The van der Waals surface area contributed by atoms with Crippen LogP contribution in [0.15, 0.2) is 78.4 Å². The van der Waals surface area contributed by atoms with Gasteiger partial charge < -0.3 is 14.6 Å². The van der Waals surface area contributed by atoms with E-state index in [1.807, 2.05) is 58.0 Å². The van der Waals surface area contributed by atoms with E-state index in [2.05, 4.69) is 0 Å². The van der Waals surface area contributed by atoms with Gasteiger partial charge >= 0.3 is 0 Å². The van der Waals surface area contributed by atoms with Gasteiger partial charge in [-0.25, -0.2) is 0 Å². The first-order valence-electron chi connectivity index (χ1n) is 12.1. The minimum Gasteiger partial charge on any atom is -0.507 e. The highest BCUT2D eigenvalue weighted by atomic mass is 16.5. The zero-order valence-corrected chi connectivity index (χ0v) is 21.0. The fourth-order valence-corrected chi connectivity index (χ4v) is 4.21. The van der Waals surface area contributed by atoms with Crippen LogP contribution in [-0.4, -0.2) is 30.0 Å². The van der Waals surface area contributed by atoms with E-state index in [0.717, 1.165) is 5.56 Å². The predicted molar refractivity (Wildman–Crippen MR) is 140 cm³/mol. The van der Waals surface area contributed by atoms with Crippen LogP contribution in [0.25, 0.3) is 5.76 Å². The number of aliphatic hydroxyl groups excluding tert-OH is 1. The maximum absolute atomic E-state index is 13.4. The Morgan fingerprint density at radius 3 is 2.28 bits per heavy atom. The molecule has 186 valence electrons. The largest absolute Gasteiger partial charge is 0.507 e. The lowest BCUT2D eigenvalue weighted by Gasteiger charge is -2.26. The van der Waals surface area contributed by atoms with Crippen molar-refractivity contribution < 1.29 is 24.2 Å². The van der Waals surface area contributed by atoms with Crippen molar-refractivity contribution in [3.05, 3.63) is 95.1 Å². The van der Waals surface area contributed by atoms with Crippen LogP contribution in [0.4, 0.5) is 5.69 Å². The van der Waals surface area contributed by atoms with E-state index >= 15 is 0 Å². The number of carbonyl (C=O) groups excluding carboxylic acids is 2. The average Bonchev–Trinajstić information content (AvgIpc) is 3.14. The number of nitrogens with zero attached hydrogens (tertiary/aromatic N) is 1. The molecule has 6 nitrogen and oxygen atoms in total. The molecule has 1 heterocycles. The summed E-state index contributed by atoms with van der Waals surface area (Å²) in [5.41, 5.74) is 2.69. The van der Waals surface area contributed by atoms with Crippen LogP contribution >= 0.6 is 0 Å². The Kier molecular flexibility index (Phi) is 7.44. The number of benzene rings is 3. The van der Waals surface area contributed by atoms with E-state index in [-0.39, 0.29) is 11.3 Å². The van der Waals surface area contributed by atoms with Gasteiger partial charge in [0.2, 0.25) is 0 Å². The fraction of sp³-hybridized carbons (Fsp3) is 0.267. The van der Waals surface area contributed by atoms with Gasteiger partial charge in [0.15, 0.2) is 0 Å². The summed E-state index contributed by atoms with van der Waals surface area (Å²) >= 11 is 0. The molecule has 0 spiro atoms. The molecule has 6 heteroatoms. The Bertz CT molecular complexity index is 1290. The number of anilines is 1.